The predicted octanol–water partition coefficient (Wildman–Crippen LogP) is 2.95. The lowest BCUT2D eigenvalue weighted by molar-refractivity contribution is 0.0950. The Kier molecular flexibility index (Phi) is 6.95. The average molecular weight is 461 g/mol. The minimum atomic E-state index is -3.87. The monoisotopic (exact) mass is 460 g/mol. The van der Waals surface area contributed by atoms with Crippen LogP contribution in [-0.2, 0) is 16.6 Å². The first kappa shape index (κ1) is 23.4. The van der Waals surface area contributed by atoms with Crippen molar-refractivity contribution in [1.29, 1.82) is 0 Å². The van der Waals surface area contributed by atoms with Crippen LogP contribution in [0.1, 0.15) is 35.6 Å². The van der Waals surface area contributed by atoms with Crippen LogP contribution >= 0.6 is 0 Å². The molecule has 3 rings (SSSR count). The van der Waals surface area contributed by atoms with Crippen LogP contribution in [0.2, 0.25) is 0 Å². The summed E-state index contributed by atoms with van der Waals surface area (Å²) in [6.45, 7) is 5.23. The molecule has 0 radical (unpaired) electrons. The minimum absolute atomic E-state index is 0.0668. The van der Waals surface area contributed by atoms with Gasteiger partial charge in [0.2, 0.25) is 10.0 Å². The fourth-order valence-electron chi connectivity index (χ4n) is 3.17. The minimum Gasteiger partial charge on any atom is -0.495 e. The highest BCUT2D eigenvalue weighted by molar-refractivity contribution is 7.89. The van der Waals surface area contributed by atoms with E-state index in [1.807, 2.05) is 0 Å². The molecular weight excluding hydrogens is 435 g/mol. The van der Waals surface area contributed by atoms with Crippen molar-refractivity contribution in [3.8, 4) is 11.4 Å². The lowest BCUT2D eigenvalue weighted by Crippen LogP contribution is -2.31. The Morgan fingerprint density at radius 1 is 1.22 bits per heavy atom. The first-order valence-corrected chi connectivity index (χ1v) is 11.4. The molecule has 0 aliphatic rings. The molecule has 10 heteroatoms. The van der Waals surface area contributed by atoms with E-state index in [1.54, 1.807) is 49.9 Å². The summed E-state index contributed by atoms with van der Waals surface area (Å²) in [5, 5.41) is 2.68. The number of amides is 1. The molecule has 2 N–H and O–H groups in total. The van der Waals surface area contributed by atoms with Gasteiger partial charge in [0.15, 0.2) is 0 Å². The van der Waals surface area contributed by atoms with Gasteiger partial charge < -0.3 is 14.6 Å². The summed E-state index contributed by atoms with van der Waals surface area (Å²) in [6, 6.07) is 8.47. The number of aromatic nitrogens is 2. The number of aryl methyl sites for hydroxylation is 1. The Hall–Kier alpha value is -3.24. The Balaban J connectivity index is 1.77. The fourth-order valence-corrected chi connectivity index (χ4v) is 4.62. The number of carbonyl (C=O) groups excluding carboxylic acids is 1. The molecule has 0 saturated heterocycles. The fraction of sp³-hybridized carbons (Fsp3) is 0.273. The van der Waals surface area contributed by atoms with E-state index in [2.05, 4.69) is 15.0 Å². The molecule has 1 heterocycles. The van der Waals surface area contributed by atoms with Crippen LogP contribution in [-0.4, -0.2) is 37.0 Å². The number of sulfonamides is 1. The summed E-state index contributed by atoms with van der Waals surface area (Å²) in [5.41, 5.74) is 1.05. The zero-order valence-electron chi connectivity index (χ0n) is 18.2. The molecule has 3 aromatic rings. The van der Waals surface area contributed by atoms with Crippen molar-refractivity contribution in [2.75, 3.05) is 7.11 Å². The zero-order valence-corrected chi connectivity index (χ0v) is 19.0. The molecule has 1 aromatic heterocycles. The van der Waals surface area contributed by atoms with Crippen molar-refractivity contribution in [2.45, 2.75) is 38.3 Å². The first-order valence-electron chi connectivity index (χ1n) is 9.89. The highest BCUT2D eigenvalue weighted by Crippen LogP contribution is 2.25. The third-order valence-corrected chi connectivity index (χ3v) is 6.34. The van der Waals surface area contributed by atoms with Crippen molar-refractivity contribution in [3.63, 3.8) is 0 Å². The quantitative estimate of drug-likeness (QED) is 0.538. The van der Waals surface area contributed by atoms with E-state index in [0.29, 0.717) is 17.1 Å². The largest absolute Gasteiger partial charge is 0.495 e. The number of imidazole rings is 1. The standard InChI is InChI=1S/C22H25FN4O4S/c1-14(2)26-32(29,30)21-12-17(6-8-20(21)31-4)22(28)25-13-16-5-7-19(18(23)11-16)27-10-9-24-15(27)3/h5-12,14,26H,13H2,1-4H3,(H,25,28). The van der Waals surface area contributed by atoms with Gasteiger partial charge in [0.1, 0.15) is 22.3 Å². The summed E-state index contributed by atoms with van der Waals surface area (Å²) in [5.74, 6) is -0.164. The number of hydrogen-bond acceptors (Lipinski definition) is 5. The number of rotatable bonds is 8. The van der Waals surface area contributed by atoms with Gasteiger partial charge in [-0.05, 0) is 56.7 Å². The predicted molar refractivity (Wildman–Crippen MR) is 118 cm³/mol. The molecule has 32 heavy (non-hydrogen) atoms. The maximum Gasteiger partial charge on any atom is 0.251 e. The number of nitrogens with zero attached hydrogens (tertiary/aromatic N) is 2. The topological polar surface area (TPSA) is 102 Å². The van der Waals surface area contributed by atoms with Crippen molar-refractivity contribution in [3.05, 3.63) is 71.6 Å². The van der Waals surface area contributed by atoms with Crippen LogP contribution in [0.3, 0.4) is 0 Å². The van der Waals surface area contributed by atoms with Crippen LogP contribution in [0, 0.1) is 12.7 Å². The van der Waals surface area contributed by atoms with Crippen LogP contribution in [0.25, 0.3) is 5.69 Å². The molecule has 0 unspecified atom stereocenters. The summed E-state index contributed by atoms with van der Waals surface area (Å²) < 4.78 is 49.0. The van der Waals surface area contributed by atoms with Crippen molar-refractivity contribution < 1.29 is 22.3 Å². The molecule has 8 nitrogen and oxygen atoms in total. The van der Waals surface area contributed by atoms with E-state index >= 15 is 0 Å². The van der Waals surface area contributed by atoms with E-state index in [-0.39, 0.29) is 28.8 Å². The molecule has 2 aromatic carbocycles. The molecule has 0 spiro atoms. The van der Waals surface area contributed by atoms with E-state index in [4.69, 9.17) is 4.74 Å². The van der Waals surface area contributed by atoms with Crippen LogP contribution in [0.15, 0.2) is 53.7 Å². The van der Waals surface area contributed by atoms with Gasteiger partial charge in [-0.3, -0.25) is 4.79 Å². The molecule has 0 saturated carbocycles. The first-order chi connectivity index (χ1) is 15.1. The van der Waals surface area contributed by atoms with E-state index in [0.717, 1.165) is 0 Å². The molecule has 170 valence electrons. The molecule has 1 amide bonds. The van der Waals surface area contributed by atoms with Crippen LogP contribution in [0.5, 0.6) is 5.75 Å². The number of nitrogens with one attached hydrogen (secondary N) is 2. The molecule has 0 atom stereocenters. The van der Waals surface area contributed by atoms with Crippen molar-refractivity contribution in [2.24, 2.45) is 0 Å². The van der Waals surface area contributed by atoms with Crippen LogP contribution < -0.4 is 14.8 Å². The second-order valence-corrected chi connectivity index (χ2v) is 9.14. The van der Waals surface area contributed by atoms with Gasteiger partial charge in [0.05, 0.1) is 12.8 Å². The van der Waals surface area contributed by atoms with Gasteiger partial charge in [0.25, 0.3) is 5.91 Å². The molecule has 0 bridgehead atoms. The number of benzene rings is 2. The summed E-state index contributed by atoms with van der Waals surface area (Å²) in [4.78, 5) is 16.6. The van der Waals surface area contributed by atoms with Gasteiger partial charge in [-0.15, -0.1) is 0 Å². The summed E-state index contributed by atoms with van der Waals surface area (Å²) in [7, 11) is -2.52. The second-order valence-electron chi connectivity index (χ2n) is 7.45. The SMILES string of the molecule is COc1ccc(C(=O)NCc2ccc(-n3ccnc3C)c(F)c2)cc1S(=O)(=O)NC(C)C. The number of carbonyl (C=O) groups is 1. The van der Waals surface area contributed by atoms with Gasteiger partial charge in [-0.1, -0.05) is 6.07 Å². The third-order valence-electron chi connectivity index (χ3n) is 4.66. The van der Waals surface area contributed by atoms with Crippen molar-refractivity contribution >= 4 is 15.9 Å². The van der Waals surface area contributed by atoms with Gasteiger partial charge in [-0.2, -0.15) is 0 Å². The zero-order chi connectivity index (χ0) is 23.5. The van der Waals surface area contributed by atoms with E-state index in [9.17, 15) is 17.6 Å². The number of methoxy groups -OCH3 is 1. The maximum atomic E-state index is 14.6. The number of halogens is 1. The molecule has 0 fully saturated rings. The average Bonchev–Trinajstić information content (AvgIpc) is 3.16. The smallest absolute Gasteiger partial charge is 0.251 e. The van der Waals surface area contributed by atoms with E-state index < -0.39 is 21.7 Å². The summed E-state index contributed by atoms with van der Waals surface area (Å²) in [6.07, 6.45) is 3.25. The maximum absolute atomic E-state index is 14.6. The highest BCUT2D eigenvalue weighted by Gasteiger charge is 2.22. The van der Waals surface area contributed by atoms with Crippen molar-refractivity contribution in [1.82, 2.24) is 19.6 Å². The third kappa shape index (κ3) is 5.14. The van der Waals surface area contributed by atoms with E-state index in [1.165, 1.54) is 31.4 Å². The molecule has 0 aliphatic heterocycles. The summed E-state index contributed by atoms with van der Waals surface area (Å²) >= 11 is 0. The van der Waals surface area contributed by atoms with Gasteiger partial charge in [0, 0.05) is 30.5 Å². The van der Waals surface area contributed by atoms with Gasteiger partial charge >= 0.3 is 0 Å². The Morgan fingerprint density at radius 2 is 1.97 bits per heavy atom. The Morgan fingerprint density at radius 3 is 2.56 bits per heavy atom. The highest BCUT2D eigenvalue weighted by atomic mass is 32.2. The lowest BCUT2D eigenvalue weighted by atomic mass is 10.1. The second kappa shape index (κ2) is 9.49. The lowest BCUT2D eigenvalue weighted by Gasteiger charge is -2.14. The van der Waals surface area contributed by atoms with Gasteiger partial charge in [-0.25, -0.2) is 22.5 Å². The van der Waals surface area contributed by atoms with Crippen LogP contribution in [0.4, 0.5) is 4.39 Å². The Labute approximate surface area is 186 Å². The Bertz CT molecular complexity index is 1240. The normalized spacial score (nSPS) is 11.6. The molecular formula is C22H25FN4O4S. The number of hydrogen-bond donors (Lipinski definition) is 2. The number of ether oxygens (including phenoxy) is 1. The molecule has 0 aliphatic carbocycles.